The summed E-state index contributed by atoms with van der Waals surface area (Å²) in [6.45, 7) is 4.84. The van der Waals surface area contributed by atoms with Gasteiger partial charge in [0.05, 0.1) is 12.6 Å². The molecule has 0 bridgehead atoms. The van der Waals surface area contributed by atoms with E-state index < -0.39 is 0 Å². The van der Waals surface area contributed by atoms with Gasteiger partial charge in [-0.05, 0) is 26.7 Å². The fourth-order valence-electron chi connectivity index (χ4n) is 2.44. The quantitative estimate of drug-likeness (QED) is 0.829. The molecule has 6 nitrogen and oxygen atoms in total. The highest BCUT2D eigenvalue weighted by Crippen LogP contribution is 2.31. The Morgan fingerprint density at radius 2 is 2.33 bits per heavy atom. The van der Waals surface area contributed by atoms with E-state index in [1.807, 2.05) is 18.7 Å². The number of hydrogen-bond donors (Lipinski definition) is 2. The number of nitrogens with two attached hydrogens (primary N) is 1. The highest BCUT2D eigenvalue weighted by atomic mass is 16.3. The lowest BCUT2D eigenvalue weighted by Crippen LogP contribution is -2.33. The van der Waals surface area contributed by atoms with Crippen LogP contribution < -0.4 is 10.6 Å². The van der Waals surface area contributed by atoms with Crippen molar-refractivity contribution in [2.24, 2.45) is 0 Å². The Morgan fingerprint density at radius 3 is 2.89 bits per heavy atom. The fraction of sp³-hybridized carbons (Fsp3) is 0.667. The zero-order valence-corrected chi connectivity index (χ0v) is 10.8. The van der Waals surface area contributed by atoms with Crippen molar-refractivity contribution in [3.05, 3.63) is 5.56 Å². The van der Waals surface area contributed by atoms with Crippen LogP contribution in [0.1, 0.15) is 38.3 Å². The van der Waals surface area contributed by atoms with E-state index in [0.29, 0.717) is 17.2 Å². The minimum Gasteiger partial charge on any atom is -0.394 e. The van der Waals surface area contributed by atoms with Gasteiger partial charge in [-0.15, -0.1) is 0 Å². The van der Waals surface area contributed by atoms with Gasteiger partial charge in [0.2, 0.25) is 0 Å². The molecule has 6 heteroatoms. The van der Waals surface area contributed by atoms with Gasteiger partial charge in [0.1, 0.15) is 17.5 Å². The number of hydrogen-bond acceptors (Lipinski definition) is 5. The van der Waals surface area contributed by atoms with E-state index in [1.54, 1.807) is 4.68 Å². The van der Waals surface area contributed by atoms with Crippen molar-refractivity contribution in [1.82, 2.24) is 9.78 Å². The van der Waals surface area contributed by atoms with E-state index in [4.69, 9.17) is 5.73 Å². The summed E-state index contributed by atoms with van der Waals surface area (Å²) in [5.74, 6) is 1.02. The zero-order valence-electron chi connectivity index (χ0n) is 10.8. The lowest BCUT2D eigenvalue weighted by molar-refractivity contribution is 0.266. The number of rotatable bonds is 3. The summed E-state index contributed by atoms with van der Waals surface area (Å²) >= 11 is 0. The van der Waals surface area contributed by atoms with Gasteiger partial charge < -0.3 is 15.7 Å². The van der Waals surface area contributed by atoms with Crippen LogP contribution in [0.2, 0.25) is 0 Å². The summed E-state index contributed by atoms with van der Waals surface area (Å²) in [5.41, 5.74) is 6.38. The van der Waals surface area contributed by atoms with Crippen LogP contribution in [0.4, 0.5) is 11.6 Å². The maximum absolute atomic E-state index is 9.36. The largest absolute Gasteiger partial charge is 0.394 e. The topological polar surface area (TPSA) is 91.1 Å². The second kappa shape index (κ2) is 4.86. The van der Waals surface area contributed by atoms with Crippen molar-refractivity contribution in [3.63, 3.8) is 0 Å². The first-order chi connectivity index (χ1) is 8.60. The van der Waals surface area contributed by atoms with E-state index in [0.717, 1.165) is 19.4 Å². The van der Waals surface area contributed by atoms with E-state index in [-0.39, 0.29) is 18.7 Å². The van der Waals surface area contributed by atoms with Crippen LogP contribution in [0.25, 0.3) is 0 Å². The van der Waals surface area contributed by atoms with Crippen molar-refractivity contribution >= 4 is 11.6 Å². The second-order valence-corrected chi connectivity index (χ2v) is 4.91. The van der Waals surface area contributed by atoms with Crippen LogP contribution >= 0.6 is 0 Å². The minimum absolute atomic E-state index is 0.0482. The van der Waals surface area contributed by atoms with Crippen LogP contribution in [0.5, 0.6) is 0 Å². The Morgan fingerprint density at radius 1 is 1.61 bits per heavy atom. The predicted molar refractivity (Wildman–Crippen MR) is 69.2 cm³/mol. The van der Waals surface area contributed by atoms with E-state index in [2.05, 4.69) is 11.2 Å². The lowest BCUT2D eigenvalue weighted by atomic mass is 10.2. The number of aliphatic hydroxyl groups is 1. The molecule has 1 atom stereocenters. The Hall–Kier alpha value is -1.74. The predicted octanol–water partition coefficient (Wildman–Crippen LogP) is 0.879. The van der Waals surface area contributed by atoms with Crippen molar-refractivity contribution in [2.75, 3.05) is 23.8 Å². The third-order valence-corrected chi connectivity index (χ3v) is 3.39. The molecule has 1 saturated heterocycles. The summed E-state index contributed by atoms with van der Waals surface area (Å²) in [4.78, 5) is 1.99. The Bertz CT molecular complexity index is 474. The average Bonchev–Trinajstić information content (AvgIpc) is 2.91. The Balaban J connectivity index is 2.44. The van der Waals surface area contributed by atoms with Crippen LogP contribution in [0.15, 0.2) is 0 Å². The van der Waals surface area contributed by atoms with Gasteiger partial charge in [-0.3, -0.25) is 0 Å². The number of nitriles is 1. The van der Waals surface area contributed by atoms with Crippen LogP contribution in [-0.2, 0) is 0 Å². The Kier molecular flexibility index (Phi) is 3.43. The lowest BCUT2D eigenvalue weighted by Gasteiger charge is -2.22. The smallest absolute Gasteiger partial charge is 0.171 e. The molecule has 1 fully saturated rings. The molecule has 98 valence electrons. The minimum atomic E-state index is 0.0482. The zero-order chi connectivity index (χ0) is 13.3. The molecule has 1 aromatic heterocycles. The molecule has 1 aliphatic rings. The molecule has 2 heterocycles. The van der Waals surface area contributed by atoms with Gasteiger partial charge in [-0.1, -0.05) is 0 Å². The molecule has 18 heavy (non-hydrogen) atoms. The van der Waals surface area contributed by atoms with Crippen molar-refractivity contribution in [2.45, 2.75) is 38.8 Å². The Labute approximate surface area is 107 Å². The van der Waals surface area contributed by atoms with Crippen LogP contribution in [0, 0.1) is 11.3 Å². The van der Waals surface area contributed by atoms with Gasteiger partial charge in [-0.2, -0.15) is 10.4 Å². The molecule has 0 amide bonds. The molecule has 1 unspecified atom stereocenters. The molecule has 1 aliphatic heterocycles. The summed E-state index contributed by atoms with van der Waals surface area (Å²) in [7, 11) is 0. The molecule has 3 N–H and O–H groups in total. The van der Waals surface area contributed by atoms with Crippen molar-refractivity contribution in [3.8, 4) is 6.07 Å². The maximum Gasteiger partial charge on any atom is 0.171 e. The number of nitrogen functional groups attached to an aromatic ring is 1. The molecular weight excluding hydrogens is 230 g/mol. The molecule has 0 radical (unpaired) electrons. The normalized spacial score (nSPS) is 19.5. The van der Waals surface area contributed by atoms with Crippen LogP contribution in [-0.4, -0.2) is 34.1 Å². The third kappa shape index (κ3) is 1.91. The summed E-state index contributed by atoms with van der Waals surface area (Å²) in [6, 6.07) is 2.29. The van der Waals surface area contributed by atoms with E-state index in [1.165, 1.54) is 0 Å². The molecule has 0 spiro atoms. The highest BCUT2D eigenvalue weighted by molar-refractivity contribution is 5.65. The monoisotopic (exact) mass is 249 g/mol. The number of anilines is 2. The maximum atomic E-state index is 9.36. The molecule has 2 rings (SSSR count). The van der Waals surface area contributed by atoms with E-state index >= 15 is 0 Å². The van der Waals surface area contributed by atoms with Gasteiger partial charge in [0, 0.05) is 12.6 Å². The fourth-order valence-corrected chi connectivity index (χ4v) is 2.44. The molecular formula is C12H19N5O. The van der Waals surface area contributed by atoms with Crippen molar-refractivity contribution < 1.29 is 5.11 Å². The van der Waals surface area contributed by atoms with Gasteiger partial charge in [0.25, 0.3) is 0 Å². The van der Waals surface area contributed by atoms with Gasteiger partial charge in [0.15, 0.2) is 5.82 Å². The first-order valence-corrected chi connectivity index (χ1v) is 6.25. The van der Waals surface area contributed by atoms with Crippen molar-refractivity contribution in [1.29, 1.82) is 5.26 Å². The first-order valence-electron chi connectivity index (χ1n) is 6.25. The third-order valence-electron chi connectivity index (χ3n) is 3.39. The molecule has 0 saturated carbocycles. The van der Waals surface area contributed by atoms with Gasteiger partial charge in [-0.25, -0.2) is 4.68 Å². The number of nitrogens with zero attached hydrogens (tertiary/aromatic N) is 4. The number of aliphatic hydroxyl groups excluding tert-OH is 1. The standard InChI is InChI=1S/C12H19N5O/c1-8(2)17-11(14)10(6-13)12(15-17)16-5-3-4-9(16)7-18/h8-9,18H,3-5,7,14H2,1-2H3. The summed E-state index contributed by atoms with van der Waals surface area (Å²) in [5, 5.41) is 23.0. The average molecular weight is 249 g/mol. The van der Waals surface area contributed by atoms with Crippen LogP contribution in [0.3, 0.4) is 0 Å². The summed E-state index contributed by atoms with van der Waals surface area (Å²) in [6.07, 6.45) is 1.93. The second-order valence-electron chi connectivity index (χ2n) is 4.91. The SMILES string of the molecule is CC(C)n1nc(N2CCCC2CO)c(C#N)c1N. The number of aromatic nitrogens is 2. The summed E-state index contributed by atoms with van der Waals surface area (Å²) < 4.78 is 1.67. The molecule has 1 aromatic rings. The molecule has 0 aromatic carbocycles. The van der Waals surface area contributed by atoms with Gasteiger partial charge >= 0.3 is 0 Å². The molecule has 0 aliphatic carbocycles. The van der Waals surface area contributed by atoms with E-state index in [9.17, 15) is 10.4 Å². The highest BCUT2D eigenvalue weighted by Gasteiger charge is 2.30. The first kappa shape index (κ1) is 12.7.